The van der Waals surface area contributed by atoms with Crippen LogP contribution in [0.3, 0.4) is 0 Å². The van der Waals surface area contributed by atoms with Crippen LogP contribution in [0.15, 0.2) is 48.8 Å². The predicted molar refractivity (Wildman–Crippen MR) is 73.2 cm³/mol. The molecule has 20 heavy (non-hydrogen) atoms. The number of benzene rings is 1. The van der Waals surface area contributed by atoms with Gasteiger partial charge in [0, 0.05) is 18.9 Å². The summed E-state index contributed by atoms with van der Waals surface area (Å²) in [7, 11) is 0. The maximum absolute atomic E-state index is 11.7. The fourth-order valence-electron chi connectivity index (χ4n) is 1.77. The van der Waals surface area contributed by atoms with Crippen molar-refractivity contribution in [2.24, 2.45) is 0 Å². The van der Waals surface area contributed by atoms with E-state index in [1.54, 1.807) is 36.7 Å². The van der Waals surface area contributed by atoms with Crippen LogP contribution in [-0.2, 0) is 17.8 Å². The molecule has 0 fully saturated rings. The molecule has 1 amide bonds. The number of carboxylic acid groups (broad SMARTS) is 1. The second-order valence-corrected chi connectivity index (χ2v) is 4.32. The number of rotatable bonds is 5. The minimum atomic E-state index is -0.978. The molecule has 2 N–H and O–H groups in total. The first-order valence-corrected chi connectivity index (χ1v) is 6.13. The number of hydrogen-bond donors (Lipinski definition) is 2. The van der Waals surface area contributed by atoms with E-state index >= 15 is 0 Å². The molecule has 0 aliphatic carbocycles. The van der Waals surface area contributed by atoms with Crippen molar-refractivity contribution in [1.82, 2.24) is 10.3 Å². The summed E-state index contributed by atoms with van der Waals surface area (Å²) in [6.45, 7) is 0.306. The monoisotopic (exact) mass is 270 g/mol. The van der Waals surface area contributed by atoms with Crippen LogP contribution in [-0.4, -0.2) is 22.0 Å². The molecular weight excluding hydrogens is 256 g/mol. The van der Waals surface area contributed by atoms with E-state index in [0.29, 0.717) is 6.54 Å². The Balaban J connectivity index is 1.90. The van der Waals surface area contributed by atoms with Crippen LogP contribution >= 0.6 is 0 Å². The van der Waals surface area contributed by atoms with Crippen molar-refractivity contribution in [3.63, 3.8) is 0 Å². The van der Waals surface area contributed by atoms with E-state index in [1.165, 1.54) is 6.07 Å². The highest BCUT2D eigenvalue weighted by Crippen LogP contribution is 2.05. The van der Waals surface area contributed by atoms with E-state index in [0.717, 1.165) is 11.1 Å². The number of amides is 1. The Labute approximate surface area is 116 Å². The van der Waals surface area contributed by atoms with Crippen molar-refractivity contribution >= 4 is 11.9 Å². The van der Waals surface area contributed by atoms with Crippen molar-refractivity contribution < 1.29 is 14.7 Å². The van der Waals surface area contributed by atoms with E-state index in [2.05, 4.69) is 10.3 Å². The molecule has 5 heteroatoms. The zero-order chi connectivity index (χ0) is 14.4. The van der Waals surface area contributed by atoms with Gasteiger partial charge in [0.2, 0.25) is 5.91 Å². The molecule has 0 atom stereocenters. The topological polar surface area (TPSA) is 79.3 Å². The Morgan fingerprint density at radius 2 is 1.95 bits per heavy atom. The molecule has 0 aliphatic heterocycles. The summed E-state index contributed by atoms with van der Waals surface area (Å²) in [5, 5.41) is 11.6. The molecule has 1 heterocycles. The Morgan fingerprint density at radius 1 is 1.15 bits per heavy atom. The molecule has 102 valence electrons. The summed E-state index contributed by atoms with van der Waals surface area (Å²) in [5.74, 6) is -1.10. The van der Waals surface area contributed by atoms with Crippen LogP contribution in [0.5, 0.6) is 0 Å². The molecule has 2 aromatic rings. The lowest BCUT2D eigenvalue weighted by molar-refractivity contribution is -0.120. The number of pyridine rings is 1. The molecular formula is C15H14N2O3. The van der Waals surface area contributed by atoms with Gasteiger partial charge in [0.25, 0.3) is 0 Å². The second-order valence-electron chi connectivity index (χ2n) is 4.32. The second kappa shape index (κ2) is 6.47. The van der Waals surface area contributed by atoms with E-state index in [4.69, 9.17) is 5.11 Å². The number of carboxylic acids is 1. The van der Waals surface area contributed by atoms with Crippen LogP contribution in [0.2, 0.25) is 0 Å². The van der Waals surface area contributed by atoms with Gasteiger partial charge in [-0.25, -0.2) is 4.79 Å². The van der Waals surface area contributed by atoms with Crippen molar-refractivity contribution in [2.75, 3.05) is 0 Å². The smallest absolute Gasteiger partial charge is 0.335 e. The Kier molecular flexibility index (Phi) is 4.44. The van der Waals surface area contributed by atoms with E-state index in [1.807, 2.05) is 6.07 Å². The third-order valence-corrected chi connectivity index (χ3v) is 2.75. The van der Waals surface area contributed by atoms with Crippen LogP contribution < -0.4 is 5.32 Å². The van der Waals surface area contributed by atoms with Gasteiger partial charge in [0.1, 0.15) is 0 Å². The summed E-state index contributed by atoms with van der Waals surface area (Å²) < 4.78 is 0. The number of carbonyl (C=O) groups excluding carboxylic acids is 1. The highest BCUT2D eigenvalue weighted by atomic mass is 16.4. The molecule has 1 aromatic carbocycles. The molecule has 0 saturated heterocycles. The third-order valence-electron chi connectivity index (χ3n) is 2.75. The van der Waals surface area contributed by atoms with Gasteiger partial charge in [-0.2, -0.15) is 0 Å². The normalized spacial score (nSPS) is 10.0. The molecule has 1 aromatic heterocycles. The van der Waals surface area contributed by atoms with E-state index in [9.17, 15) is 9.59 Å². The summed E-state index contributed by atoms with van der Waals surface area (Å²) in [6, 6.07) is 10.1. The first-order valence-electron chi connectivity index (χ1n) is 6.13. The van der Waals surface area contributed by atoms with Crippen LogP contribution in [0.25, 0.3) is 0 Å². The van der Waals surface area contributed by atoms with E-state index in [-0.39, 0.29) is 17.9 Å². The van der Waals surface area contributed by atoms with Crippen LogP contribution in [0.4, 0.5) is 0 Å². The van der Waals surface area contributed by atoms with E-state index < -0.39 is 5.97 Å². The Morgan fingerprint density at radius 3 is 2.65 bits per heavy atom. The summed E-state index contributed by atoms with van der Waals surface area (Å²) in [6.07, 6.45) is 3.55. The largest absolute Gasteiger partial charge is 0.478 e. The van der Waals surface area contributed by atoms with Gasteiger partial charge in [-0.05, 0) is 29.3 Å². The molecule has 0 spiro atoms. The first-order chi connectivity index (χ1) is 9.65. The third kappa shape index (κ3) is 3.91. The zero-order valence-electron chi connectivity index (χ0n) is 10.7. The lowest BCUT2D eigenvalue weighted by Gasteiger charge is -2.06. The minimum absolute atomic E-state index is 0.126. The lowest BCUT2D eigenvalue weighted by atomic mass is 10.1. The van der Waals surface area contributed by atoms with Gasteiger partial charge in [-0.3, -0.25) is 9.78 Å². The van der Waals surface area contributed by atoms with Crippen molar-refractivity contribution in [3.05, 3.63) is 65.5 Å². The van der Waals surface area contributed by atoms with Gasteiger partial charge in [0.15, 0.2) is 0 Å². The van der Waals surface area contributed by atoms with Crippen molar-refractivity contribution in [2.45, 2.75) is 13.0 Å². The van der Waals surface area contributed by atoms with Gasteiger partial charge in [-0.1, -0.05) is 18.2 Å². The average molecular weight is 270 g/mol. The quantitative estimate of drug-likeness (QED) is 0.865. The average Bonchev–Trinajstić information content (AvgIpc) is 2.46. The number of aromatic carboxylic acids is 1. The van der Waals surface area contributed by atoms with Gasteiger partial charge in [0.05, 0.1) is 12.0 Å². The van der Waals surface area contributed by atoms with Crippen molar-refractivity contribution in [1.29, 1.82) is 0 Å². The van der Waals surface area contributed by atoms with Crippen LogP contribution in [0, 0.1) is 0 Å². The zero-order valence-corrected chi connectivity index (χ0v) is 10.7. The number of hydrogen-bond acceptors (Lipinski definition) is 3. The summed E-state index contributed by atoms with van der Waals surface area (Å²) in [5.41, 5.74) is 1.80. The minimum Gasteiger partial charge on any atom is -0.478 e. The highest BCUT2D eigenvalue weighted by Gasteiger charge is 2.05. The Bertz CT molecular complexity index is 612. The van der Waals surface area contributed by atoms with Gasteiger partial charge < -0.3 is 10.4 Å². The summed E-state index contributed by atoms with van der Waals surface area (Å²) >= 11 is 0. The fraction of sp³-hybridized carbons (Fsp3) is 0.133. The molecule has 0 radical (unpaired) electrons. The predicted octanol–water partition coefficient (Wildman–Crippen LogP) is 1.64. The van der Waals surface area contributed by atoms with Crippen molar-refractivity contribution in [3.8, 4) is 0 Å². The molecule has 0 saturated carbocycles. The number of nitrogens with one attached hydrogen (secondary N) is 1. The lowest BCUT2D eigenvalue weighted by Crippen LogP contribution is -2.24. The number of nitrogens with zero attached hydrogens (tertiary/aromatic N) is 1. The Hall–Kier alpha value is -2.69. The summed E-state index contributed by atoms with van der Waals surface area (Å²) in [4.78, 5) is 26.5. The molecule has 5 nitrogen and oxygen atoms in total. The molecule has 0 bridgehead atoms. The fourth-order valence-corrected chi connectivity index (χ4v) is 1.77. The number of aromatic nitrogens is 1. The van der Waals surface area contributed by atoms with Crippen LogP contribution in [0.1, 0.15) is 21.5 Å². The molecule has 2 rings (SSSR count). The molecule has 0 unspecified atom stereocenters. The highest BCUT2D eigenvalue weighted by molar-refractivity contribution is 5.87. The maximum atomic E-state index is 11.7. The first kappa shape index (κ1) is 13.7. The number of carbonyl (C=O) groups is 2. The standard InChI is InChI=1S/C15H14N2O3/c18-14(8-12-4-2-6-16-9-12)17-10-11-3-1-5-13(7-11)15(19)20/h1-7,9H,8,10H2,(H,17,18)(H,19,20). The maximum Gasteiger partial charge on any atom is 0.335 e. The SMILES string of the molecule is O=C(Cc1cccnc1)NCc1cccc(C(=O)O)c1. The van der Waals surface area contributed by atoms with Gasteiger partial charge in [-0.15, -0.1) is 0 Å². The molecule has 0 aliphatic rings. The van der Waals surface area contributed by atoms with Gasteiger partial charge >= 0.3 is 5.97 Å².